The third kappa shape index (κ3) is 3.27. The molecular weight excluding hydrogens is 328 g/mol. The van der Waals surface area contributed by atoms with Gasteiger partial charge in [0.25, 0.3) is 0 Å². The van der Waals surface area contributed by atoms with Crippen LogP contribution in [0.5, 0.6) is 0 Å². The van der Waals surface area contributed by atoms with E-state index in [1.54, 1.807) is 0 Å². The second-order valence-corrected chi connectivity index (χ2v) is 7.04. The first-order chi connectivity index (χ1) is 10.9. The molecule has 0 aliphatic heterocycles. The van der Waals surface area contributed by atoms with E-state index >= 15 is 0 Å². The van der Waals surface area contributed by atoms with Gasteiger partial charge in [0.15, 0.2) is 0 Å². The van der Waals surface area contributed by atoms with Crippen LogP contribution in [0.1, 0.15) is 38.8 Å². The summed E-state index contributed by atoms with van der Waals surface area (Å²) in [5, 5.41) is 0. The molecule has 0 saturated heterocycles. The second kappa shape index (κ2) is 6.02. The quantitative estimate of drug-likeness (QED) is 0.552. The molecule has 1 aliphatic carbocycles. The van der Waals surface area contributed by atoms with Gasteiger partial charge in [0.05, 0.1) is 11.5 Å². The van der Waals surface area contributed by atoms with Gasteiger partial charge in [0.1, 0.15) is 6.61 Å². The van der Waals surface area contributed by atoms with Crippen LogP contribution >= 0.6 is 0 Å². The molecule has 0 unspecified atom stereocenters. The Morgan fingerprint density at radius 2 is 1.71 bits per heavy atom. The summed E-state index contributed by atoms with van der Waals surface area (Å²) in [5.74, 6) is -0.826. The number of benzene rings is 1. The normalized spacial score (nSPS) is 19.4. The number of halogens is 4. The molecule has 0 aromatic heterocycles. The largest absolute Gasteiger partial charge is 0.461 e. The third-order valence-electron chi connectivity index (χ3n) is 5.19. The summed E-state index contributed by atoms with van der Waals surface area (Å²) >= 11 is 0. The highest BCUT2D eigenvalue weighted by atomic mass is 19.3. The van der Waals surface area contributed by atoms with Gasteiger partial charge in [-0.25, -0.2) is 0 Å². The molecule has 1 saturated carbocycles. The first-order valence-electron chi connectivity index (χ1n) is 7.50. The highest BCUT2D eigenvalue weighted by Gasteiger charge is 2.69. The van der Waals surface area contributed by atoms with Crippen molar-refractivity contribution in [2.45, 2.75) is 47.0 Å². The zero-order chi connectivity index (χ0) is 18.3. The molecule has 7 heteroatoms. The molecule has 1 aromatic carbocycles. The molecule has 1 aromatic rings. The minimum Gasteiger partial charge on any atom is -0.461 e. The summed E-state index contributed by atoms with van der Waals surface area (Å²) in [6, 6.07) is 4.98. The molecule has 1 fully saturated rings. The minimum atomic E-state index is -4.17. The highest BCUT2D eigenvalue weighted by Crippen LogP contribution is 2.68. The summed E-state index contributed by atoms with van der Waals surface area (Å²) in [6.07, 6.45) is -4.17. The lowest BCUT2D eigenvalue weighted by Gasteiger charge is -2.19. The predicted molar refractivity (Wildman–Crippen MR) is 78.3 cm³/mol. The number of alkyl halides is 4. The van der Waals surface area contributed by atoms with E-state index in [1.165, 1.54) is 18.2 Å². The first kappa shape index (κ1) is 18.7. The molecule has 2 rings (SSSR count). The minimum absolute atomic E-state index is 0.0761. The Kier molecular flexibility index (Phi) is 4.69. The van der Waals surface area contributed by atoms with Gasteiger partial charge in [-0.15, -0.1) is 0 Å². The van der Waals surface area contributed by atoms with E-state index in [-0.39, 0.29) is 22.3 Å². The molecule has 0 atom stereocenters. The van der Waals surface area contributed by atoms with E-state index in [9.17, 15) is 22.4 Å². The molecule has 3 nitrogen and oxygen atoms in total. The third-order valence-corrected chi connectivity index (χ3v) is 5.19. The summed E-state index contributed by atoms with van der Waals surface area (Å²) in [4.78, 5) is 12.2. The standard InChI is InChI=1S/C17H20F4O3/c1-15(2)12(16(15,3)4)13(22)23-9-10-7-5-6-8-11(10)17(20,21)24-14(18)19/h5-8,12,14H,9H2,1-4H3. The van der Waals surface area contributed by atoms with Crippen molar-refractivity contribution in [1.29, 1.82) is 0 Å². The molecule has 0 amide bonds. The molecule has 0 N–H and O–H groups in total. The van der Waals surface area contributed by atoms with E-state index in [0.717, 1.165) is 6.07 Å². The maximum atomic E-state index is 13.8. The van der Waals surface area contributed by atoms with E-state index in [1.807, 2.05) is 27.7 Å². The van der Waals surface area contributed by atoms with Crippen LogP contribution in [0.3, 0.4) is 0 Å². The predicted octanol–water partition coefficient (Wildman–Crippen LogP) is 4.70. The zero-order valence-corrected chi connectivity index (χ0v) is 13.9. The maximum absolute atomic E-state index is 13.8. The number of esters is 1. The van der Waals surface area contributed by atoms with Crippen LogP contribution in [0.25, 0.3) is 0 Å². The van der Waals surface area contributed by atoms with E-state index < -0.39 is 30.9 Å². The second-order valence-electron chi connectivity index (χ2n) is 7.04. The van der Waals surface area contributed by atoms with Crippen LogP contribution in [-0.4, -0.2) is 12.6 Å². The topological polar surface area (TPSA) is 35.5 Å². The molecule has 0 bridgehead atoms. The van der Waals surface area contributed by atoms with Gasteiger partial charge in [-0.1, -0.05) is 45.9 Å². The number of ether oxygens (including phenoxy) is 2. The van der Waals surface area contributed by atoms with Crippen LogP contribution in [0.4, 0.5) is 17.6 Å². The molecule has 134 valence electrons. The Morgan fingerprint density at radius 1 is 1.17 bits per heavy atom. The summed E-state index contributed by atoms with van der Waals surface area (Å²) in [5.41, 5.74) is -1.31. The van der Waals surface area contributed by atoms with Gasteiger partial charge >= 0.3 is 18.7 Å². The number of carbonyl (C=O) groups excluding carboxylic acids is 1. The Bertz CT molecular complexity index is 612. The fourth-order valence-electron chi connectivity index (χ4n) is 3.12. The fourth-order valence-corrected chi connectivity index (χ4v) is 3.12. The summed E-state index contributed by atoms with van der Waals surface area (Å²) in [6.45, 7) is 3.66. The SMILES string of the molecule is CC1(C)C(C(=O)OCc2ccccc2C(F)(F)OC(F)F)C1(C)C. The highest BCUT2D eigenvalue weighted by molar-refractivity contribution is 5.78. The van der Waals surface area contributed by atoms with Crippen molar-refractivity contribution in [2.24, 2.45) is 16.7 Å². The van der Waals surface area contributed by atoms with Crippen LogP contribution in [0, 0.1) is 16.7 Å². The lowest BCUT2D eigenvalue weighted by molar-refractivity contribution is -0.328. The molecular formula is C17H20F4O3. The molecule has 24 heavy (non-hydrogen) atoms. The number of hydrogen-bond acceptors (Lipinski definition) is 3. The van der Waals surface area contributed by atoms with Gasteiger partial charge in [0, 0.05) is 5.56 Å². The number of rotatable bonds is 6. The van der Waals surface area contributed by atoms with Gasteiger partial charge in [-0.05, 0) is 16.9 Å². The van der Waals surface area contributed by atoms with E-state index in [2.05, 4.69) is 4.74 Å². The Labute approximate surface area is 137 Å². The first-order valence-corrected chi connectivity index (χ1v) is 7.50. The van der Waals surface area contributed by atoms with Crippen LogP contribution in [-0.2, 0) is 27.0 Å². The lowest BCUT2D eigenvalue weighted by Crippen LogP contribution is -2.23. The van der Waals surface area contributed by atoms with Crippen molar-refractivity contribution in [3.05, 3.63) is 35.4 Å². The van der Waals surface area contributed by atoms with E-state index in [4.69, 9.17) is 4.74 Å². The Balaban J connectivity index is 2.11. The van der Waals surface area contributed by atoms with Crippen LogP contribution in [0.15, 0.2) is 24.3 Å². The average Bonchev–Trinajstić information content (AvgIpc) is 2.85. The zero-order valence-electron chi connectivity index (χ0n) is 13.9. The summed E-state index contributed by atoms with van der Waals surface area (Å²) < 4.78 is 60.4. The van der Waals surface area contributed by atoms with Crippen molar-refractivity contribution in [3.8, 4) is 0 Å². The molecule has 0 spiro atoms. The van der Waals surface area contributed by atoms with E-state index in [0.29, 0.717) is 0 Å². The average molecular weight is 348 g/mol. The molecule has 0 radical (unpaired) electrons. The molecule has 0 heterocycles. The van der Waals surface area contributed by atoms with Gasteiger partial charge in [0.2, 0.25) is 0 Å². The fraction of sp³-hybridized carbons (Fsp3) is 0.588. The lowest BCUT2D eigenvalue weighted by atomic mass is 10.0. The maximum Gasteiger partial charge on any atom is 0.387 e. The van der Waals surface area contributed by atoms with Crippen molar-refractivity contribution < 1.29 is 31.8 Å². The Hall–Kier alpha value is -1.63. The van der Waals surface area contributed by atoms with Gasteiger partial charge < -0.3 is 4.74 Å². The summed E-state index contributed by atoms with van der Waals surface area (Å²) in [7, 11) is 0. The Morgan fingerprint density at radius 3 is 2.21 bits per heavy atom. The number of hydrogen-bond donors (Lipinski definition) is 0. The number of carbonyl (C=O) groups is 1. The van der Waals surface area contributed by atoms with Crippen molar-refractivity contribution >= 4 is 5.97 Å². The monoisotopic (exact) mass is 348 g/mol. The van der Waals surface area contributed by atoms with Crippen molar-refractivity contribution in [3.63, 3.8) is 0 Å². The molecule has 1 aliphatic rings. The van der Waals surface area contributed by atoms with Crippen molar-refractivity contribution in [1.82, 2.24) is 0 Å². The van der Waals surface area contributed by atoms with Crippen LogP contribution < -0.4 is 0 Å². The van der Waals surface area contributed by atoms with Gasteiger partial charge in [-0.3, -0.25) is 9.53 Å². The smallest absolute Gasteiger partial charge is 0.387 e. The van der Waals surface area contributed by atoms with Gasteiger partial charge in [-0.2, -0.15) is 17.6 Å². The van der Waals surface area contributed by atoms with Crippen LogP contribution in [0.2, 0.25) is 0 Å². The van der Waals surface area contributed by atoms with Crippen molar-refractivity contribution in [2.75, 3.05) is 0 Å².